The van der Waals surface area contributed by atoms with Crippen molar-refractivity contribution < 1.29 is 15.0 Å². The predicted octanol–water partition coefficient (Wildman–Crippen LogP) is 1.88. The summed E-state index contributed by atoms with van der Waals surface area (Å²) in [6.07, 6.45) is 2.19. The van der Waals surface area contributed by atoms with Gasteiger partial charge in [0.05, 0.1) is 5.56 Å². The van der Waals surface area contributed by atoms with Gasteiger partial charge >= 0.3 is 5.97 Å². The zero-order valence-corrected chi connectivity index (χ0v) is 15.5. The summed E-state index contributed by atoms with van der Waals surface area (Å²) in [7, 11) is 0. The molecule has 1 heterocycles. The molecular formula is C21H21N5O3. The van der Waals surface area contributed by atoms with E-state index >= 15 is 0 Å². The standard InChI is InChI=1S/C21H21N5O3/c22-18(23)13-6-4-12(5-7-13)8-16-10-26(11-17(16)21(28)29)20(27)15-3-1-2-14(9-15)19(24)25/h1-7,9-11,20,27H,8H2,(H3,22,23)(H3,24,25)(H,28,29). The first-order valence-electron chi connectivity index (χ1n) is 8.75. The van der Waals surface area contributed by atoms with Gasteiger partial charge < -0.3 is 26.2 Å². The molecule has 8 heteroatoms. The minimum Gasteiger partial charge on any atom is -0.478 e. The van der Waals surface area contributed by atoms with Gasteiger partial charge in [-0.3, -0.25) is 10.8 Å². The van der Waals surface area contributed by atoms with E-state index in [-0.39, 0.29) is 17.2 Å². The number of carboxylic acids is 1. The summed E-state index contributed by atoms with van der Waals surface area (Å²) < 4.78 is 1.42. The van der Waals surface area contributed by atoms with E-state index in [0.717, 1.165) is 5.56 Å². The Kier molecular flexibility index (Phi) is 5.47. The second-order valence-electron chi connectivity index (χ2n) is 6.65. The summed E-state index contributed by atoms with van der Waals surface area (Å²) in [6, 6.07) is 13.6. The van der Waals surface area contributed by atoms with Crippen LogP contribution in [0.5, 0.6) is 0 Å². The molecule has 0 fully saturated rings. The van der Waals surface area contributed by atoms with Crippen molar-refractivity contribution >= 4 is 17.6 Å². The molecule has 0 radical (unpaired) electrons. The third-order valence-corrected chi connectivity index (χ3v) is 4.60. The first-order chi connectivity index (χ1) is 13.8. The molecule has 0 aliphatic heterocycles. The van der Waals surface area contributed by atoms with Gasteiger partial charge in [-0.15, -0.1) is 0 Å². The summed E-state index contributed by atoms with van der Waals surface area (Å²) in [5.74, 6) is -1.25. The second kappa shape index (κ2) is 7.99. The molecule has 0 bridgehead atoms. The van der Waals surface area contributed by atoms with Crippen LogP contribution in [0.15, 0.2) is 60.9 Å². The molecule has 0 saturated heterocycles. The number of nitrogens with one attached hydrogen (secondary N) is 2. The van der Waals surface area contributed by atoms with Crippen LogP contribution in [0.25, 0.3) is 0 Å². The van der Waals surface area contributed by atoms with Crippen LogP contribution in [0.4, 0.5) is 0 Å². The van der Waals surface area contributed by atoms with E-state index in [4.69, 9.17) is 22.3 Å². The van der Waals surface area contributed by atoms with Gasteiger partial charge in [0.2, 0.25) is 0 Å². The van der Waals surface area contributed by atoms with Gasteiger partial charge in [0, 0.05) is 29.1 Å². The molecule has 1 unspecified atom stereocenters. The first-order valence-corrected chi connectivity index (χ1v) is 8.75. The van der Waals surface area contributed by atoms with Gasteiger partial charge in [0.15, 0.2) is 6.23 Å². The number of nitrogens with zero attached hydrogens (tertiary/aromatic N) is 1. The van der Waals surface area contributed by atoms with Crippen LogP contribution >= 0.6 is 0 Å². The average molecular weight is 391 g/mol. The lowest BCUT2D eigenvalue weighted by Crippen LogP contribution is -2.13. The number of aromatic carboxylic acids is 1. The number of nitrogens with two attached hydrogens (primary N) is 2. The molecule has 29 heavy (non-hydrogen) atoms. The van der Waals surface area contributed by atoms with Gasteiger partial charge in [-0.2, -0.15) is 0 Å². The second-order valence-corrected chi connectivity index (χ2v) is 6.65. The Balaban J connectivity index is 1.92. The predicted molar refractivity (Wildman–Crippen MR) is 109 cm³/mol. The lowest BCUT2D eigenvalue weighted by atomic mass is 10.0. The van der Waals surface area contributed by atoms with Crippen LogP contribution in [0.3, 0.4) is 0 Å². The van der Waals surface area contributed by atoms with E-state index in [1.54, 1.807) is 54.7 Å². The zero-order chi connectivity index (χ0) is 21.1. The Morgan fingerprint density at radius 1 is 1.00 bits per heavy atom. The van der Waals surface area contributed by atoms with E-state index in [2.05, 4.69) is 0 Å². The number of rotatable bonds is 7. The number of hydrogen-bond acceptors (Lipinski definition) is 4. The first kappa shape index (κ1) is 19.8. The van der Waals surface area contributed by atoms with Crippen molar-refractivity contribution in [3.63, 3.8) is 0 Å². The number of amidine groups is 2. The van der Waals surface area contributed by atoms with E-state index in [1.165, 1.54) is 10.8 Å². The molecule has 2 aromatic carbocycles. The number of hydrogen-bond donors (Lipinski definition) is 6. The maximum atomic E-state index is 11.7. The summed E-state index contributed by atoms with van der Waals surface area (Å²) in [6.45, 7) is 0. The monoisotopic (exact) mass is 391 g/mol. The highest BCUT2D eigenvalue weighted by Crippen LogP contribution is 2.23. The van der Waals surface area contributed by atoms with Crippen molar-refractivity contribution in [2.24, 2.45) is 11.5 Å². The molecule has 3 rings (SSSR count). The molecule has 0 spiro atoms. The molecule has 3 aromatic rings. The number of carboxylic acid groups (broad SMARTS) is 1. The number of aliphatic hydroxyl groups is 1. The molecule has 0 aliphatic carbocycles. The van der Waals surface area contributed by atoms with E-state index in [1.807, 2.05) is 0 Å². The van der Waals surface area contributed by atoms with Crippen molar-refractivity contribution in [3.05, 3.63) is 94.3 Å². The Hall–Kier alpha value is -3.91. The number of benzene rings is 2. The Labute approximate surface area is 167 Å². The van der Waals surface area contributed by atoms with Gasteiger partial charge in [0.1, 0.15) is 11.7 Å². The third-order valence-electron chi connectivity index (χ3n) is 4.60. The van der Waals surface area contributed by atoms with Crippen molar-refractivity contribution in [1.82, 2.24) is 4.57 Å². The van der Waals surface area contributed by atoms with E-state index < -0.39 is 12.2 Å². The molecule has 148 valence electrons. The minimum atomic E-state index is -1.12. The van der Waals surface area contributed by atoms with Crippen molar-refractivity contribution in [2.45, 2.75) is 12.6 Å². The van der Waals surface area contributed by atoms with Gasteiger partial charge in [-0.05, 0) is 23.6 Å². The maximum absolute atomic E-state index is 11.7. The number of nitrogen functional groups attached to an aromatic ring is 2. The molecular weight excluding hydrogens is 370 g/mol. The molecule has 8 N–H and O–H groups in total. The molecule has 0 saturated carbocycles. The van der Waals surface area contributed by atoms with Crippen LogP contribution in [0, 0.1) is 10.8 Å². The number of carbonyl (C=O) groups is 1. The maximum Gasteiger partial charge on any atom is 0.337 e. The van der Waals surface area contributed by atoms with Crippen LogP contribution in [-0.4, -0.2) is 32.4 Å². The van der Waals surface area contributed by atoms with E-state index in [0.29, 0.717) is 28.7 Å². The lowest BCUT2D eigenvalue weighted by molar-refractivity contribution is 0.0695. The van der Waals surface area contributed by atoms with E-state index in [9.17, 15) is 15.0 Å². The Morgan fingerprint density at radius 3 is 2.24 bits per heavy atom. The number of aromatic nitrogens is 1. The lowest BCUT2D eigenvalue weighted by Gasteiger charge is -2.14. The van der Waals surface area contributed by atoms with Crippen LogP contribution in [-0.2, 0) is 6.42 Å². The van der Waals surface area contributed by atoms with Crippen molar-refractivity contribution in [2.75, 3.05) is 0 Å². The molecule has 0 amide bonds. The highest BCUT2D eigenvalue weighted by Gasteiger charge is 2.18. The summed E-state index contributed by atoms with van der Waals surface area (Å²) >= 11 is 0. The molecule has 0 aliphatic rings. The fourth-order valence-corrected chi connectivity index (χ4v) is 3.05. The minimum absolute atomic E-state index is 0.0372. The Morgan fingerprint density at radius 2 is 1.66 bits per heavy atom. The van der Waals surface area contributed by atoms with Gasteiger partial charge in [-0.1, -0.05) is 42.5 Å². The highest BCUT2D eigenvalue weighted by molar-refractivity contribution is 5.95. The SMILES string of the molecule is N=C(N)c1ccc(Cc2cn(C(O)c3cccc(C(=N)N)c3)cc2C(=O)O)cc1. The van der Waals surface area contributed by atoms with Crippen molar-refractivity contribution in [3.8, 4) is 0 Å². The number of aliphatic hydroxyl groups excluding tert-OH is 1. The molecule has 8 nitrogen and oxygen atoms in total. The van der Waals surface area contributed by atoms with Crippen molar-refractivity contribution in [1.29, 1.82) is 10.8 Å². The zero-order valence-electron chi connectivity index (χ0n) is 15.5. The average Bonchev–Trinajstić information content (AvgIpc) is 3.12. The normalized spacial score (nSPS) is 11.8. The quantitative estimate of drug-likeness (QED) is 0.267. The summed E-state index contributed by atoms with van der Waals surface area (Å²) in [4.78, 5) is 11.7. The summed E-state index contributed by atoms with van der Waals surface area (Å²) in [5.41, 5.74) is 14.0. The fraction of sp³-hybridized carbons (Fsp3) is 0.0952. The van der Waals surface area contributed by atoms with Crippen LogP contribution < -0.4 is 11.5 Å². The largest absolute Gasteiger partial charge is 0.478 e. The smallest absolute Gasteiger partial charge is 0.337 e. The summed E-state index contributed by atoms with van der Waals surface area (Å²) in [5, 5.41) is 35.2. The molecule has 1 atom stereocenters. The molecule has 1 aromatic heterocycles. The third kappa shape index (κ3) is 4.33. The van der Waals surface area contributed by atoms with Gasteiger partial charge in [0.25, 0.3) is 0 Å². The Bertz CT molecular complexity index is 1090. The highest BCUT2D eigenvalue weighted by atomic mass is 16.4. The topological polar surface area (TPSA) is 162 Å². The van der Waals surface area contributed by atoms with Gasteiger partial charge in [-0.25, -0.2) is 4.79 Å². The van der Waals surface area contributed by atoms with Crippen LogP contribution in [0.2, 0.25) is 0 Å². The fourth-order valence-electron chi connectivity index (χ4n) is 3.05. The van der Waals surface area contributed by atoms with Crippen LogP contribution in [0.1, 0.15) is 44.4 Å².